The number of nitrogens with zero attached hydrogens (tertiary/aromatic N) is 1. The lowest BCUT2D eigenvalue weighted by Crippen LogP contribution is -2.35. The Morgan fingerprint density at radius 1 is 1.36 bits per heavy atom. The van der Waals surface area contributed by atoms with E-state index in [1.165, 1.54) is 0 Å². The largest absolute Gasteiger partial charge is 0.441 e. The van der Waals surface area contributed by atoms with Gasteiger partial charge in [0.15, 0.2) is 0 Å². The lowest BCUT2D eigenvalue weighted by molar-refractivity contribution is 0.101. The molecule has 1 aliphatic carbocycles. The van der Waals surface area contributed by atoms with Gasteiger partial charge in [0.05, 0.1) is 11.8 Å². The number of aryl methyl sites for hydroxylation is 2. The first-order valence-corrected chi connectivity index (χ1v) is 8.78. The van der Waals surface area contributed by atoms with Crippen LogP contribution in [0.15, 0.2) is 28.7 Å². The summed E-state index contributed by atoms with van der Waals surface area (Å²) in [6.07, 6.45) is 3.48. The summed E-state index contributed by atoms with van der Waals surface area (Å²) in [5, 5.41) is 15.4. The number of carbonyl (C=O) groups is 1. The number of hydrogen-bond donors (Lipinski definition) is 3. The molecule has 0 bridgehead atoms. The predicted octanol–water partition coefficient (Wildman–Crippen LogP) is 3.63. The van der Waals surface area contributed by atoms with E-state index in [0.29, 0.717) is 24.0 Å². The Morgan fingerprint density at radius 2 is 2.20 bits per heavy atom. The van der Waals surface area contributed by atoms with Crippen molar-refractivity contribution in [1.82, 2.24) is 10.3 Å². The highest BCUT2D eigenvalue weighted by Gasteiger charge is 2.20. The maximum Gasteiger partial charge on any atom is 0.319 e. The first-order valence-electron chi connectivity index (χ1n) is 8.78. The topological polar surface area (TPSA) is 87.4 Å². The molecule has 0 radical (unpaired) electrons. The van der Waals surface area contributed by atoms with E-state index in [1.807, 2.05) is 38.1 Å². The average molecular weight is 343 g/mol. The number of oxazole rings is 1. The maximum atomic E-state index is 12.1. The van der Waals surface area contributed by atoms with Gasteiger partial charge in [0, 0.05) is 17.8 Å². The van der Waals surface area contributed by atoms with Crippen LogP contribution >= 0.6 is 0 Å². The zero-order valence-electron chi connectivity index (χ0n) is 14.7. The van der Waals surface area contributed by atoms with Gasteiger partial charge in [-0.3, -0.25) is 0 Å². The lowest BCUT2D eigenvalue weighted by atomic mass is 9.87. The van der Waals surface area contributed by atoms with Gasteiger partial charge in [0.25, 0.3) is 0 Å². The second-order valence-corrected chi connectivity index (χ2v) is 6.76. The third-order valence-electron chi connectivity index (χ3n) is 4.70. The Kier molecular flexibility index (Phi) is 5.38. The summed E-state index contributed by atoms with van der Waals surface area (Å²) in [5.74, 6) is 1.69. The number of nitrogens with one attached hydrogen (secondary N) is 2. The Balaban J connectivity index is 1.57. The van der Waals surface area contributed by atoms with Crippen molar-refractivity contribution in [3.63, 3.8) is 0 Å². The molecule has 2 unspecified atom stereocenters. The van der Waals surface area contributed by atoms with Gasteiger partial charge in [-0.05, 0) is 57.2 Å². The number of carbonyl (C=O) groups excluding carboxylic acids is 1. The van der Waals surface area contributed by atoms with Crippen molar-refractivity contribution in [2.75, 3.05) is 11.9 Å². The van der Waals surface area contributed by atoms with E-state index in [1.54, 1.807) is 0 Å². The SMILES string of the molecule is Cc1nc(-c2cccc(NC(=O)NCC3CCCC(O)C3)c2)oc1C. The molecule has 2 amide bonds. The van der Waals surface area contributed by atoms with Gasteiger partial charge in [-0.1, -0.05) is 12.5 Å². The van der Waals surface area contributed by atoms with Crippen molar-refractivity contribution in [1.29, 1.82) is 0 Å². The standard InChI is InChI=1S/C19H25N3O3/c1-12-13(2)25-18(21-12)15-6-4-7-16(10-15)22-19(24)20-11-14-5-3-8-17(23)9-14/h4,6-7,10,14,17,23H,3,5,8-9,11H2,1-2H3,(H2,20,22,24). The molecule has 1 heterocycles. The molecule has 0 aliphatic heterocycles. The number of amides is 2. The fourth-order valence-corrected chi connectivity index (χ4v) is 3.19. The summed E-state index contributed by atoms with van der Waals surface area (Å²) >= 11 is 0. The van der Waals surface area contributed by atoms with Gasteiger partial charge >= 0.3 is 6.03 Å². The Labute approximate surface area is 147 Å². The summed E-state index contributed by atoms with van der Waals surface area (Å²) in [5.41, 5.74) is 2.37. The minimum absolute atomic E-state index is 0.229. The zero-order chi connectivity index (χ0) is 17.8. The second-order valence-electron chi connectivity index (χ2n) is 6.76. The minimum atomic E-state index is -0.239. The number of hydrogen-bond acceptors (Lipinski definition) is 4. The molecule has 6 heteroatoms. The molecule has 25 heavy (non-hydrogen) atoms. The molecule has 0 saturated heterocycles. The quantitative estimate of drug-likeness (QED) is 0.791. The zero-order valence-corrected chi connectivity index (χ0v) is 14.7. The van der Waals surface area contributed by atoms with Gasteiger partial charge < -0.3 is 20.2 Å². The highest BCUT2D eigenvalue weighted by Crippen LogP contribution is 2.25. The van der Waals surface area contributed by atoms with Gasteiger partial charge in [-0.2, -0.15) is 0 Å². The molecule has 1 saturated carbocycles. The fraction of sp³-hybridized carbons (Fsp3) is 0.474. The van der Waals surface area contributed by atoms with Gasteiger partial charge in [0.2, 0.25) is 5.89 Å². The van der Waals surface area contributed by atoms with Crippen molar-refractivity contribution in [3.05, 3.63) is 35.7 Å². The second kappa shape index (κ2) is 7.70. The molecule has 2 atom stereocenters. The predicted molar refractivity (Wildman–Crippen MR) is 96.4 cm³/mol. The van der Waals surface area contributed by atoms with Gasteiger partial charge in [-0.25, -0.2) is 9.78 Å². The molecule has 134 valence electrons. The van der Waals surface area contributed by atoms with E-state index >= 15 is 0 Å². The molecular weight excluding hydrogens is 318 g/mol. The number of aliphatic hydroxyl groups is 1. The van der Waals surface area contributed by atoms with Crippen LogP contribution in [0.3, 0.4) is 0 Å². The van der Waals surface area contributed by atoms with Crippen molar-refractivity contribution < 1.29 is 14.3 Å². The lowest BCUT2D eigenvalue weighted by Gasteiger charge is -2.25. The number of benzene rings is 1. The number of anilines is 1. The van der Waals surface area contributed by atoms with E-state index < -0.39 is 0 Å². The van der Waals surface area contributed by atoms with Crippen LogP contribution in [0.5, 0.6) is 0 Å². The van der Waals surface area contributed by atoms with Crippen molar-refractivity contribution >= 4 is 11.7 Å². The molecule has 1 aromatic carbocycles. The normalized spacial score (nSPS) is 20.3. The van der Waals surface area contributed by atoms with Gasteiger partial charge in [-0.15, -0.1) is 0 Å². The maximum absolute atomic E-state index is 12.1. The van der Waals surface area contributed by atoms with Crippen LogP contribution in [0.4, 0.5) is 10.5 Å². The Morgan fingerprint density at radius 3 is 2.92 bits per heavy atom. The van der Waals surface area contributed by atoms with E-state index in [-0.39, 0.29) is 12.1 Å². The summed E-state index contributed by atoms with van der Waals surface area (Å²) in [6.45, 7) is 4.37. The van der Waals surface area contributed by atoms with Crippen LogP contribution in [-0.2, 0) is 0 Å². The molecular formula is C19H25N3O3. The molecule has 1 aliphatic rings. The Bertz CT molecular complexity index is 722. The molecule has 3 N–H and O–H groups in total. The first kappa shape index (κ1) is 17.5. The van der Waals surface area contributed by atoms with E-state index in [4.69, 9.17) is 4.42 Å². The monoisotopic (exact) mass is 343 g/mol. The highest BCUT2D eigenvalue weighted by atomic mass is 16.4. The first-order chi connectivity index (χ1) is 12.0. The number of urea groups is 1. The van der Waals surface area contributed by atoms with Crippen molar-refractivity contribution in [3.8, 4) is 11.5 Å². The number of aromatic nitrogens is 1. The van der Waals surface area contributed by atoms with Crippen LogP contribution in [0.2, 0.25) is 0 Å². The Hall–Kier alpha value is -2.34. The van der Waals surface area contributed by atoms with Crippen molar-refractivity contribution in [2.24, 2.45) is 5.92 Å². The molecule has 0 spiro atoms. The fourth-order valence-electron chi connectivity index (χ4n) is 3.19. The summed E-state index contributed by atoms with van der Waals surface area (Å²) < 4.78 is 5.63. The third kappa shape index (κ3) is 4.60. The smallest absolute Gasteiger partial charge is 0.319 e. The average Bonchev–Trinajstić information content (AvgIpc) is 2.93. The van der Waals surface area contributed by atoms with Crippen LogP contribution in [0.1, 0.15) is 37.1 Å². The van der Waals surface area contributed by atoms with Crippen molar-refractivity contribution in [2.45, 2.75) is 45.6 Å². The minimum Gasteiger partial charge on any atom is -0.441 e. The van der Waals surface area contributed by atoms with Crippen LogP contribution in [-0.4, -0.2) is 28.8 Å². The van der Waals surface area contributed by atoms with Crippen LogP contribution in [0, 0.1) is 19.8 Å². The van der Waals surface area contributed by atoms with Gasteiger partial charge in [0.1, 0.15) is 5.76 Å². The van der Waals surface area contributed by atoms with E-state index in [9.17, 15) is 9.90 Å². The number of rotatable bonds is 4. The molecule has 1 aromatic heterocycles. The van der Waals surface area contributed by atoms with E-state index in [2.05, 4.69) is 15.6 Å². The molecule has 3 rings (SSSR count). The summed E-state index contributed by atoms with van der Waals surface area (Å²) in [4.78, 5) is 16.5. The molecule has 1 fully saturated rings. The highest BCUT2D eigenvalue weighted by molar-refractivity contribution is 5.89. The van der Waals surface area contributed by atoms with E-state index in [0.717, 1.165) is 42.7 Å². The summed E-state index contributed by atoms with van der Waals surface area (Å²) in [7, 11) is 0. The molecule has 6 nitrogen and oxygen atoms in total. The number of aliphatic hydroxyl groups excluding tert-OH is 1. The van der Waals surface area contributed by atoms with Crippen LogP contribution in [0.25, 0.3) is 11.5 Å². The van der Waals surface area contributed by atoms with Crippen LogP contribution < -0.4 is 10.6 Å². The third-order valence-corrected chi connectivity index (χ3v) is 4.70. The summed E-state index contributed by atoms with van der Waals surface area (Å²) in [6, 6.07) is 7.19. The molecule has 2 aromatic rings.